The van der Waals surface area contributed by atoms with Gasteiger partial charge in [-0.15, -0.1) is 10.2 Å². The van der Waals surface area contributed by atoms with Gasteiger partial charge in [0.05, 0.1) is 18.9 Å². The maximum absolute atomic E-state index is 12.8. The number of carbonyl (C=O) groups excluding carboxylic acids is 1. The third-order valence-corrected chi connectivity index (χ3v) is 6.54. The van der Waals surface area contributed by atoms with Crippen LogP contribution < -0.4 is 10.1 Å². The Kier molecular flexibility index (Phi) is 8.18. The molecule has 0 bridgehead atoms. The van der Waals surface area contributed by atoms with Crippen molar-refractivity contribution in [3.8, 4) is 22.8 Å². The summed E-state index contributed by atoms with van der Waals surface area (Å²) in [5, 5.41) is 12.6. The molecule has 1 heterocycles. The van der Waals surface area contributed by atoms with Crippen LogP contribution in [0.4, 0.5) is 0 Å². The van der Waals surface area contributed by atoms with Gasteiger partial charge in [-0.05, 0) is 43.9 Å². The highest BCUT2D eigenvalue weighted by Crippen LogP contribution is 2.28. The second-order valence-corrected chi connectivity index (χ2v) is 9.13. The van der Waals surface area contributed by atoms with E-state index in [1.165, 1.54) is 11.8 Å². The van der Waals surface area contributed by atoms with Crippen LogP contribution in [-0.2, 0) is 4.79 Å². The molecule has 0 fully saturated rings. The largest absolute Gasteiger partial charge is 0.497 e. The summed E-state index contributed by atoms with van der Waals surface area (Å²) < 4.78 is 7.35. The van der Waals surface area contributed by atoms with Crippen LogP contribution in [0, 0.1) is 0 Å². The van der Waals surface area contributed by atoms with E-state index in [1.807, 2.05) is 104 Å². The van der Waals surface area contributed by atoms with E-state index >= 15 is 0 Å². The lowest BCUT2D eigenvalue weighted by Crippen LogP contribution is -2.35. The predicted molar refractivity (Wildman–Crippen MR) is 140 cm³/mol. The molecule has 4 aromatic rings. The molecule has 1 aromatic heterocycles. The van der Waals surface area contributed by atoms with E-state index in [1.54, 1.807) is 7.11 Å². The average Bonchev–Trinajstić information content (AvgIpc) is 3.32. The minimum absolute atomic E-state index is 0.0247. The molecular weight excluding hydrogens is 458 g/mol. The first-order valence-corrected chi connectivity index (χ1v) is 12.3. The Balaban J connectivity index is 1.46. The zero-order valence-electron chi connectivity index (χ0n) is 20.1. The number of thioether (sulfide) groups is 1. The van der Waals surface area contributed by atoms with Crippen molar-refractivity contribution in [3.63, 3.8) is 0 Å². The van der Waals surface area contributed by atoms with Crippen LogP contribution in [0.15, 0.2) is 90.1 Å². The second kappa shape index (κ2) is 11.7. The van der Waals surface area contributed by atoms with Crippen molar-refractivity contribution in [2.45, 2.75) is 11.2 Å². The number of carbonyl (C=O) groups is 1. The molecule has 1 N–H and O–H groups in total. The number of amides is 1. The third-order valence-electron chi connectivity index (χ3n) is 5.61. The highest BCUT2D eigenvalue weighted by molar-refractivity contribution is 7.99. The number of nitrogens with one attached hydrogen (secondary N) is 1. The summed E-state index contributed by atoms with van der Waals surface area (Å²) in [5.41, 5.74) is 3.00. The minimum atomic E-state index is -0.0615. The first kappa shape index (κ1) is 24.5. The van der Waals surface area contributed by atoms with Crippen LogP contribution in [0.1, 0.15) is 11.6 Å². The fourth-order valence-electron chi connectivity index (χ4n) is 3.79. The highest BCUT2D eigenvalue weighted by atomic mass is 32.2. The van der Waals surface area contributed by atoms with E-state index in [9.17, 15) is 4.79 Å². The van der Waals surface area contributed by atoms with Gasteiger partial charge in [-0.1, -0.05) is 72.4 Å². The van der Waals surface area contributed by atoms with E-state index in [0.29, 0.717) is 11.7 Å². The van der Waals surface area contributed by atoms with Gasteiger partial charge in [0.15, 0.2) is 11.0 Å². The number of methoxy groups -OCH3 is 1. The summed E-state index contributed by atoms with van der Waals surface area (Å²) in [4.78, 5) is 14.9. The van der Waals surface area contributed by atoms with Gasteiger partial charge in [0, 0.05) is 17.8 Å². The van der Waals surface area contributed by atoms with Crippen molar-refractivity contribution in [2.75, 3.05) is 33.5 Å². The molecule has 35 heavy (non-hydrogen) atoms. The molecule has 7 nitrogen and oxygen atoms in total. The van der Waals surface area contributed by atoms with Crippen LogP contribution in [0.2, 0.25) is 0 Å². The summed E-state index contributed by atoms with van der Waals surface area (Å²) >= 11 is 1.37. The maximum Gasteiger partial charge on any atom is 0.230 e. The number of nitrogens with zero attached hydrogens (tertiary/aromatic N) is 4. The van der Waals surface area contributed by atoms with Gasteiger partial charge in [0.1, 0.15) is 5.75 Å². The highest BCUT2D eigenvalue weighted by Gasteiger charge is 2.19. The molecule has 0 saturated carbocycles. The molecule has 0 spiro atoms. The molecule has 0 aliphatic rings. The van der Waals surface area contributed by atoms with Gasteiger partial charge in [-0.2, -0.15) is 0 Å². The van der Waals surface area contributed by atoms with Crippen LogP contribution in [0.5, 0.6) is 5.75 Å². The maximum atomic E-state index is 12.8. The van der Waals surface area contributed by atoms with Gasteiger partial charge >= 0.3 is 0 Å². The van der Waals surface area contributed by atoms with Crippen molar-refractivity contribution in [1.29, 1.82) is 0 Å². The first-order valence-electron chi connectivity index (χ1n) is 11.3. The van der Waals surface area contributed by atoms with E-state index in [-0.39, 0.29) is 17.7 Å². The fourth-order valence-corrected chi connectivity index (χ4v) is 4.57. The number of benzene rings is 3. The summed E-state index contributed by atoms with van der Waals surface area (Å²) in [5.74, 6) is 1.71. The Morgan fingerprint density at radius 1 is 1.00 bits per heavy atom. The molecule has 0 radical (unpaired) electrons. The number of aromatic nitrogens is 3. The van der Waals surface area contributed by atoms with Gasteiger partial charge in [-0.25, -0.2) is 0 Å². The van der Waals surface area contributed by atoms with Crippen molar-refractivity contribution in [1.82, 2.24) is 25.0 Å². The lowest BCUT2D eigenvalue weighted by atomic mass is 10.1. The summed E-state index contributed by atoms with van der Waals surface area (Å²) in [6, 6.07) is 27.8. The molecule has 1 unspecified atom stereocenters. The van der Waals surface area contributed by atoms with Gasteiger partial charge < -0.3 is 15.0 Å². The van der Waals surface area contributed by atoms with Crippen molar-refractivity contribution >= 4 is 17.7 Å². The molecule has 4 rings (SSSR count). The predicted octanol–water partition coefficient (Wildman–Crippen LogP) is 4.45. The van der Waals surface area contributed by atoms with Gasteiger partial charge in [0.2, 0.25) is 5.91 Å². The normalized spacial score (nSPS) is 11.9. The minimum Gasteiger partial charge on any atom is -0.497 e. The molecule has 3 aromatic carbocycles. The Labute approximate surface area is 210 Å². The fraction of sp³-hybridized carbons (Fsp3) is 0.222. The van der Waals surface area contributed by atoms with Gasteiger partial charge in [0.25, 0.3) is 0 Å². The van der Waals surface area contributed by atoms with Crippen LogP contribution >= 0.6 is 11.8 Å². The summed E-state index contributed by atoms with van der Waals surface area (Å²) in [7, 11) is 5.65. The summed E-state index contributed by atoms with van der Waals surface area (Å²) in [6.45, 7) is 0.486. The Bertz CT molecular complexity index is 1240. The van der Waals surface area contributed by atoms with E-state index < -0.39 is 0 Å². The average molecular weight is 488 g/mol. The Morgan fingerprint density at radius 2 is 1.71 bits per heavy atom. The quantitative estimate of drug-likeness (QED) is 0.333. The smallest absolute Gasteiger partial charge is 0.230 e. The van der Waals surface area contributed by atoms with Crippen molar-refractivity contribution < 1.29 is 9.53 Å². The topological polar surface area (TPSA) is 72.3 Å². The molecule has 180 valence electrons. The molecule has 0 aliphatic heterocycles. The molecule has 1 atom stereocenters. The number of hydrogen-bond acceptors (Lipinski definition) is 6. The second-order valence-electron chi connectivity index (χ2n) is 8.19. The molecule has 0 aliphatic carbocycles. The number of likely N-dealkylation sites (N-methyl/N-ethyl adjacent to an activating group) is 1. The van der Waals surface area contributed by atoms with E-state index in [2.05, 4.69) is 20.4 Å². The van der Waals surface area contributed by atoms with Crippen LogP contribution in [0.25, 0.3) is 17.1 Å². The Hall–Kier alpha value is -3.62. The van der Waals surface area contributed by atoms with Crippen molar-refractivity contribution in [3.05, 3.63) is 90.5 Å². The molecular formula is C27H29N5O2S. The van der Waals surface area contributed by atoms with Crippen LogP contribution in [0.3, 0.4) is 0 Å². The number of ether oxygens (including phenoxy) is 1. The lowest BCUT2D eigenvalue weighted by molar-refractivity contribution is -0.118. The zero-order valence-corrected chi connectivity index (χ0v) is 20.9. The zero-order chi connectivity index (χ0) is 24.6. The van der Waals surface area contributed by atoms with E-state index in [4.69, 9.17) is 4.74 Å². The molecule has 1 amide bonds. The monoisotopic (exact) mass is 487 g/mol. The van der Waals surface area contributed by atoms with Gasteiger partial charge in [-0.3, -0.25) is 9.36 Å². The standard InChI is InChI=1S/C27H29N5O2S/c1-31(2)24(21-13-10-16-23(17-21)34-3)18-28-25(33)19-35-27-30-29-26(20-11-6-4-7-12-20)32(27)22-14-8-5-9-15-22/h4-17,24H,18-19H2,1-3H3,(H,28,33). The summed E-state index contributed by atoms with van der Waals surface area (Å²) in [6.07, 6.45) is 0. The number of hydrogen-bond donors (Lipinski definition) is 1. The van der Waals surface area contributed by atoms with Crippen molar-refractivity contribution in [2.24, 2.45) is 0 Å². The Morgan fingerprint density at radius 3 is 2.40 bits per heavy atom. The third kappa shape index (κ3) is 6.09. The molecule has 0 saturated heterocycles. The SMILES string of the molecule is COc1cccc(C(CNC(=O)CSc2nnc(-c3ccccc3)n2-c2ccccc2)N(C)C)c1. The lowest BCUT2D eigenvalue weighted by Gasteiger charge is -2.25. The van der Waals surface area contributed by atoms with Crippen LogP contribution in [-0.4, -0.2) is 59.1 Å². The molecule has 8 heteroatoms. The van der Waals surface area contributed by atoms with E-state index in [0.717, 1.165) is 28.4 Å². The number of para-hydroxylation sites is 1. The number of rotatable bonds is 10. The first-order chi connectivity index (χ1) is 17.1.